The molecule has 0 unspecified atom stereocenters. The third kappa shape index (κ3) is 4.14. The highest BCUT2D eigenvalue weighted by molar-refractivity contribution is 5.37. The second-order valence-corrected chi connectivity index (χ2v) is 5.61. The van der Waals surface area contributed by atoms with Crippen LogP contribution in [-0.4, -0.2) is 19.1 Å². The first kappa shape index (κ1) is 14.2. The van der Waals surface area contributed by atoms with E-state index in [1.807, 2.05) is 7.05 Å². The van der Waals surface area contributed by atoms with Gasteiger partial charge in [-0.3, -0.25) is 0 Å². The van der Waals surface area contributed by atoms with E-state index in [1.165, 1.54) is 22.3 Å². The Labute approximate surface area is 106 Å². The van der Waals surface area contributed by atoms with E-state index in [9.17, 15) is 0 Å². The first-order chi connectivity index (χ1) is 7.85. The third-order valence-electron chi connectivity index (χ3n) is 3.39. The van der Waals surface area contributed by atoms with E-state index in [2.05, 4.69) is 57.4 Å². The molecule has 0 atom stereocenters. The highest BCUT2D eigenvalue weighted by Gasteiger charge is 2.13. The lowest BCUT2D eigenvalue weighted by molar-refractivity contribution is 0.393. The maximum Gasteiger partial charge on any atom is 0.0246 e. The van der Waals surface area contributed by atoms with Crippen LogP contribution in [0.2, 0.25) is 0 Å². The summed E-state index contributed by atoms with van der Waals surface area (Å²) in [4.78, 5) is 0. The maximum atomic E-state index is 3.53. The molecule has 1 aromatic carbocycles. The van der Waals surface area contributed by atoms with E-state index in [0.29, 0.717) is 0 Å². The van der Waals surface area contributed by atoms with Gasteiger partial charge in [0.2, 0.25) is 0 Å². The zero-order valence-corrected chi connectivity index (χ0v) is 12.1. The molecule has 0 radical (unpaired) electrons. The van der Waals surface area contributed by atoms with E-state index < -0.39 is 0 Å². The van der Waals surface area contributed by atoms with Crippen LogP contribution in [0.5, 0.6) is 0 Å². The Morgan fingerprint density at radius 2 is 1.59 bits per heavy atom. The summed E-state index contributed by atoms with van der Waals surface area (Å²) < 4.78 is 0. The molecule has 0 aliphatic rings. The molecule has 0 aliphatic heterocycles. The lowest BCUT2D eigenvalue weighted by atomic mass is 9.99. The van der Waals surface area contributed by atoms with E-state index in [4.69, 9.17) is 0 Å². The molecule has 96 valence electrons. The van der Waals surface area contributed by atoms with E-state index >= 15 is 0 Å². The van der Waals surface area contributed by atoms with Gasteiger partial charge in [0, 0.05) is 18.6 Å². The smallest absolute Gasteiger partial charge is 0.0246 e. The predicted octanol–water partition coefficient (Wildman–Crippen LogP) is 2.70. The van der Waals surface area contributed by atoms with Crippen molar-refractivity contribution in [1.29, 1.82) is 0 Å². The Balaban J connectivity index is 2.64. The number of likely N-dealkylation sites (N-methyl/N-ethyl adjacent to an activating group) is 1. The molecule has 0 aromatic heterocycles. The highest BCUT2D eigenvalue weighted by atomic mass is 15.0. The van der Waals surface area contributed by atoms with Gasteiger partial charge in [-0.1, -0.05) is 17.7 Å². The number of hydrogen-bond acceptors (Lipinski definition) is 2. The number of benzene rings is 1. The first-order valence-corrected chi connectivity index (χ1v) is 6.32. The van der Waals surface area contributed by atoms with Gasteiger partial charge >= 0.3 is 0 Å². The number of aryl methyl sites for hydroxylation is 3. The van der Waals surface area contributed by atoms with Crippen molar-refractivity contribution in [2.75, 3.05) is 13.6 Å². The molecule has 0 heterocycles. The van der Waals surface area contributed by atoms with E-state index in [1.54, 1.807) is 0 Å². The summed E-state index contributed by atoms with van der Waals surface area (Å²) in [7, 11) is 2.00. The highest BCUT2D eigenvalue weighted by Crippen LogP contribution is 2.16. The summed E-state index contributed by atoms with van der Waals surface area (Å²) >= 11 is 0. The topological polar surface area (TPSA) is 24.1 Å². The molecule has 1 aromatic rings. The third-order valence-corrected chi connectivity index (χ3v) is 3.39. The molecule has 0 amide bonds. The van der Waals surface area contributed by atoms with Gasteiger partial charge in [0.05, 0.1) is 0 Å². The molecule has 0 saturated heterocycles. The molecule has 2 nitrogen and oxygen atoms in total. The van der Waals surface area contributed by atoms with Gasteiger partial charge in [-0.05, 0) is 58.4 Å². The van der Waals surface area contributed by atoms with Crippen LogP contribution in [0, 0.1) is 20.8 Å². The maximum absolute atomic E-state index is 3.53. The van der Waals surface area contributed by atoms with Crippen LogP contribution in [0.25, 0.3) is 0 Å². The molecule has 0 aliphatic carbocycles. The molecular formula is C15H26N2. The van der Waals surface area contributed by atoms with Gasteiger partial charge in [0.25, 0.3) is 0 Å². The van der Waals surface area contributed by atoms with Crippen molar-refractivity contribution in [3.8, 4) is 0 Å². The fraction of sp³-hybridized carbons (Fsp3) is 0.600. The van der Waals surface area contributed by atoms with Crippen molar-refractivity contribution in [1.82, 2.24) is 10.6 Å². The van der Waals surface area contributed by atoms with Crippen LogP contribution in [-0.2, 0) is 6.54 Å². The van der Waals surface area contributed by atoms with Crippen molar-refractivity contribution in [3.05, 3.63) is 34.4 Å². The molecule has 2 heteroatoms. The summed E-state index contributed by atoms with van der Waals surface area (Å²) in [5.74, 6) is 0. The largest absolute Gasteiger partial charge is 0.314 e. The molecule has 2 N–H and O–H groups in total. The second kappa shape index (κ2) is 5.65. The van der Waals surface area contributed by atoms with Gasteiger partial charge in [0.1, 0.15) is 0 Å². The lowest BCUT2D eigenvalue weighted by Gasteiger charge is -2.25. The average molecular weight is 234 g/mol. The van der Waals surface area contributed by atoms with Crippen molar-refractivity contribution < 1.29 is 0 Å². The van der Waals surface area contributed by atoms with E-state index in [-0.39, 0.29) is 5.54 Å². The zero-order chi connectivity index (χ0) is 13.1. The molecule has 1 rings (SSSR count). The number of rotatable bonds is 5. The van der Waals surface area contributed by atoms with Gasteiger partial charge in [-0.15, -0.1) is 0 Å². The molecule has 17 heavy (non-hydrogen) atoms. The minimum atomic E-state index is 0.145. The fourth-order valence-electron chi connectivity index (χ4n) is 2.08. The zero-order valence-electron chi connectivity index (χ0n) is 12.1. The Kier molecular flexibility index (Phi) is 4.72. The minimum Gasteiger partial charge on any atom is -0.314 e. The normalized spacial score (nSPS) is 11.9. The van der Waals surface area contributed by atoms with Gasteiger partial charge in [0.15, 0.2) is 0 Å². The van der Waals surface area contributed by atoms with Crippen LogP contribution in [0.15, 0.2) is 12.1 Å². The van der Waals surface area contributed by atoms with Crippen LogP contribution in [0.3, 0.4) is 0 Å². The Morgan fingerprint density at radius 3 is 2.06 bits per heavy atom. The van der Waals surface area contributed by atoms with Gasteiger partial charge in [-0.25, -0.2) is 0 Å². The van der Waals surface area contributed by atoms with Gasteiger partial charge in [-0.2, -0.15) is 0 Å². The molecule has 0 bridgehead atoms. The van der Waals surface area contributed by atoms with Crippen molar-refractivity contribution in [3.63, 3.8) is 0 Å². The Bertz CT molecular complexity index is 358. The number of hydrogen-bond donors (Lipinski definition) is 2. The standard InChI is InChI=1S/C15H26N2/c1-11-7-12(2)14(13(3)8-11)9-17-10-15(4,5)16-6/h7-8,16-17H,9-10H2,1-6H3. The van der Waals surface area contributed by atoms with Crippen LogP contribution >= 0.6 is 0 Å². The summed E-state index contributed by atoms with van der Waals surface area (Å²) in [6.07, 6.45) is 0. The summed E-state index contributed by atoms with van der Waals surface area (Å²) in [6, 6.07) is 4.51. The lowest BCUT2D eigenvalue weighted by Crippen LogP contribution is -2.45. The van der Waals surface area contributed by atoms with E-state index in [0.717, 1.165) is 13.1 Å². The van der Waals surface area contributed by atoms with Crippen LogP contribution in [0.1, 0.15) is 36.1 Å². The second-order valence-electron chi connectivity index (χ2n) is 5.61. The molecule has 0 saturated carbocycles. The summed E-state index contributed by atoms with van der Waals surface area (Å²) in [6.45, 7) is 12.9. The van der Waals surface area contributed by atoms with Crippen molar-refractivity contribution in [2.45, 2.75) is 46.7 Å². The first-order valence-electron chi connectivity index (χ1n) is 6.32. The quantitative estimate of drug-likeness (QED) is 0.818. The Hall–Kier alpha value is -0.860. The summed E-state index contributed by atoms with van der Waals surface area (Å²) in [5.41, 5.74) is 5.70. The van der Waals surface area contributed by atoms with Crippen molar-refractivity contribution >= 4 is 0 Å². The molecule has 0 spiro atoms. The Morgan fingerprint density at radius 1 is 1.06 bits per heavy atom. The van der Waals surface area contributed by atoms with Gasteiger partial charge < -0.3 is 10.6 Å². The molecular weight excluding hydrogens is 208 g/mol. The number of nitrogens with one attached hydrogen (secondary N) is 2. The minimum absolute atomic E-state index is 0.145. The van der Waals surface area contributed by atoms with Crippen molar-refractivity contribution in [2.24, 2.45) is 0 Å². The average Bonchev–Trinajstić information content (AvgIpc) is 2.22. The predicted molar refractivity (Wildman–Crippen MR) is 75.5 cm³/mol. The van der Waals surface area contributed by atoms with Crippen LogP contribution in [0.4, 0.5) is 0 Å². The summed E-state index contributed by atoms with van der Waals surface area (Å²) in [5, 5.41) is 6.83. The fourth-order valence-corrected chi connectivity index (χ4v) is 2.08. The monoisotopic (exact) mass is 234 g/mol. The SMILES string of the molecule is CNC(C)(C)CNCc1c(C)cc(C)cc1C. The van der Waals surface area contributed by atoms with Crippen LogP contribution < -0.4 is 10.6 Å². The molecule has 0 fully saturated rings.